The van der Waals surface area contributed by atoms with Crippen molar-refractivity contribution in [2.45, 2.75) is 12.3 Å². The molecule has 1 aromatic carbocycles. The summed E-state index contributed by atoms with van der Waals surface area (Å²) in [6, 6.07) is 10.0. The molecule has 1 aromatic heterocycles. The van der Waals surface area contributed by atoms with Gasteiger partial charge < -0.3 is 4.74 Å². The minimum Gasteiger partial charge on any atom is -0.493 e. The first kappa shape index (κ1) is 14.4. The summed E-state index contributed by atoms with van der Waals surface area (Å²) in [4.78, 5) is 1.12. The van der Waals surface area contributed by atoms with Crippen molar-refractivity contribution in [1.82, 2.24) is 0 Å². The summed E-state index contributed by atoms with van der Waals surface area (Å²) in [5, 5.41) is -0.131. The first-order chi connectivity index (χ1) is 8.61. The van der Waals surface area contributed by atoms with Gasteiger partial charge in [-0.2, -0.15) is 0 Å². The summed E-state index contributed by atoms with van der Waals surface area (Å²) in [6.07, 6.45) is 0. The van der Waals surface area contributed by atoms with Crippen LogP contribution >= 0.6 is 54.8 Å². The molecule has 0 aliphatic carbocycles. The summed E-state index contributed by atoms with van der Waals surface area (Å²) in [5.74, 6) is 0.845. The highest BCUT2D eigenvalue weighted by molar-refractivity contribution is 9.11. The second-order valence-corrected chi connectivity index (χ2v) is 7.41. The Bertz CT molecular complexity index is 542. The number of thiophene rings is 1. The number of halogens is 3. The Hall–Kier alpha value is -0.0300. The molecular formula is C13H11Br2ClOS. The van der Waals surface area contributed by atoms with Gasteiger partial charge in [-0.15, -0.1) is 22.9 Å². The van der Waals surface area contributed by atoms with Crippen molar-refractivity contribution in [3.63, 3.8) is 0 Å². The third-order valence-corrected chi connectivity index (χ3v) is 5.32. The van der Waals surface area contributed by atoms with Gasteiger partial charge in [0.2, 0.25) is 0 Å². The standard InChI is InChI=1S/C13H11Br2ClOS/c1-2-17-10-4-3-8(7-9(10)14)13(16)11-5-6-12(15)18-11/h3-7,13H,2H2,1H3. The van der Waals surface area contributed by atoms with Crippen LogP contribution < -0.4 is 4.74 Å². The first-order valence-electron chi connectivity index (χ1n) is 5.43. The van der Waals surface area contributed by atoms with Gasteiger partial charge in [0.05, 0.1) is 20.2 Å². The number of ether oxygens (including phenoxy) is 1. The van der Waals surface area contributed by atoms with E-state index in [4.69, 9.17) is 16.3 Å². The zero-order valence-electron chi connectivity index (χ0n) is 9.62. The van der Waals surface area contributed by atoms with Crippen molar-refractivity contribution in [2.75, 3.05) is 6.61 Å². The van der Waals surface area contributed by atoms with E-state index in [-0.39, 0.29) is 5.38 Å². The highest BCUT2D eigenvalue weighted by Crippen LogP contribution is 2.38. The van der Waals surface area contributed by atoms with Gasteiger partial charge >= 0.3 is 0 Å². The summed E-state index contributed by atoms with van der Waals surface area (Å²) in [6.45, 7) is 2.62. The van der Waals surface area contributed by atoms with E-state index in [0.717, 1.165) is 24.4 Å². The van der Waals surface area contributed by atoms with Crippen LogP contribution in [0.15, 0.2) is 38.6 Å². The smallest absolute Gasteiger partial charge is 0.133 e. The Morgan fingerprint density at radius 2 is 2.06 bits per heavy atom. The summed E-state index contributed by atoms with van der Waals surface area (Å²) in [7, 11) is 0. The molecule has 0 aliphatic heterocycles. The zero-order chi connectivity index (χ0) is 13.1. The molecule has 0 radical (unpaired) electrons. The van der Waals surface area contributed by atoms with Crippen LogP contribution in [0, 0.1) is 0 Å². The maximum Gasteiger partial charge on any atom is 0.133 e. The fraction of sp³-hybridized carbons (Fsp3) is 0.231. The van der Waals surface area contributed by atoms with Crippen LogP contribution in [0.3, 0.4) is 0 Å². The SMILES string of the molecule is CCOc1ccc(C(Cl)c2ccc(Br)s2)cc1Br. The van der Waals surface area contributed by atoms with E-state index < -0.39 is 0 Å². The van der Waals surface area contributed by atoms with E-state index in [9.17, 15) is 0 Å². The molecule has 1 unspecified atom stereocenters. The average molecular weight is 411 g/mol. The Morgan fingerprint density at radius 1 is 1.28 bits per heavy atom. The molecule has 0 fully saturated rings. The molecule has 5 heteroatoms. The topological polar surface area (TPSA) is 9.23 Å². The van der Waals surface area contributed by atoms with Crippen molar-refractivity contribution >= 4 is 54.8 Å². The van der Waals surface area contributed by atoms with Gasteiger partial charge in [0.1, 0.15) is 5.75 Å². The average Bonchev–Trinajstić information content (AvgIpc) is 2.78. The maximum atomic E-state index is 6.47. The molecule has 1 atom stereocenters. The van der Waals surface area contributed by atoms with Gasteiger partial charge in [-0.05, 0) is 68.6 Å². The summed E-state index contributed by atoms with van der Waals surface area (Å²) < 4.78 is 7.51. The van der Waals surface area contributed by atoms with Crippen LogP contribution in [0.25, 0.3) is 0 Å². The van der Waals surface area contributed by atoms with E-state index in [2.05, 4.69) is 31.9 Å². The molecule has 18 heavy (non-hydrogen) atoms. The Balaban J connectivity index is 2.26. The van der Waals surface area contributed by atoms with Gasteiger partial charge in [-0.25, -0.2) is 0 Å². The number of rotatable bonds is 4. The molecule has 2 rings (SSSR count). The molecular weight excluding hydrogens is 399 g/mol. The highest BCUT2D eigenvalue weighted by atomic mass is 79.9. The largest absolute Gasteiger partial charge is 0.493 e. The van der Waals surface area contributed by atoms with E-state index >= 15 is 0 Å². The molecule has 0 amide bonds. The lowest BCUT2D eigenvalue weighted by Gasteiger charge is -2.11. The lowest BCUT2D eigenvalue weighted by Crippen LogP contribution is -1.95. The molecule has 1 heterocycles. The van der Waals surface area contributed by atoms with E-state index in [1.165, 1.54) is 0 Å². The third kappa shape index (κ3) is 3.29. The number of hydrogen-bond donors (Lipinski definition) is 0. The molecule has 0 spiro atoms. The lowest BCUT2D eigenvalue weighted by molar-refractivity contribution is 0.338. The first-order valence-corrected chi connectivity index (χ1v) is 8.27. The quantitative estimate of drug-likeness (QED) is 0.562. The number of benzene rings is 1. The highest BCUT2D eigenvalue weighted by Gasteiger charge is 2.14. The molecule has 0 N–H and O–H groups in total. The molecule has 2 aromatic rings. The van der Waals surface area contributed by atoms with Crippen molar-refractivity contribution in [1.29, 1.82) is 0 Å². The van der Waals surface area contributed by atoms with Crippen molar-refractivity contribution < 1.29 is 4.74 Å². The molecule has 1 nitrogen and oxygen atoms in total. The third-order valence-electron chi connectivity index (χ3n) is 2.39. The van der Waals surface area contributed by atoms with Gasteiger partial charge in [-0.3, -0.25) is 0 Å². The fourth-order valence-electron chi connectivity index (χ4n) is 1.58. The predicted octanol–water partition coefficient (Wildman–Crippen LogP) is 6.00. The Morgan fingerprint density at radius 3 is 2.61 bits per heavy atom. The van der Waals surface area contributed by atoms with E-state index in [1.807, 2.05) is 37.3 Å². The second kappa shape index (κ2) is 6.42. The van der Waals surface area contributed by atoms with Gasteiger partial charge in [0.25, 0.3) is 0 Å². The normalized spacial score (nSPS) is 12.4. The molecule has 0 bridgehead atoms. The van der Waals surface area contributed by atoms with Crippen LogP contribution in [-0.4, -0.2) is 6.61 Å². The van der Waals surface area contributed by atoms with Gasteiger partial charge in [0, 0.05) is 4.88 Å². The van der Waals surface area contributed by atoms with Crippen LogP contribution in [-0.2, 0) is 0 Å². The second-order valence-electron chi connectivity index (χ2n) is 3.63. The van der Waals surface area contributed by atoms with Crippen molar-refractivity contribution in [2.24, 2.45) is 0 Å². The van der Waals surface area contributed by atoms with Gasteiger partial charge in [0.15, 0.2) is 0 Å². The van der Waals surface area contributed by atoms with Crippen LogP contribution in [0.4, 0.5) is 0 Å². The van der Waals surface area contributed by atoms with Gasteiger partial charge in [-0.1, -0.05) is 6.07 Å². The molecule has 0 aliphatic rings. The van der Waals surface area contributed by atoms with Crippen LogP contribution in [0.5, 0.6) is 5.75 Å². The minimum atomic E-state index is -0.131. The van der Waals surface area contributed by atoms with Crippen LogP contribution in [0.2, 0.25) is 0 Å². The monoisotopic (exact) mass is 408 g/mol. The van der Waals surface area contributed by atoms with Crippen molar-refractivity contribution in [3.8, 4) is 5.75 Å². The Labute approximate surface area is 132 Å². The maximum absolute atomic E-state index is 6.47. The molecule has 96 valence electrons. The fourth-order valence-corrected chi connectivity index (χ4v) is 3.86. The molecule has 0 saturated heterocycles. The summed E-state index contributed by atoms with van der Waals surface area (Å²) >= 11 is 15.1. The van der Waals surface area contributed by atoms with Crippen molar-refractivity contribution in [3.05, 3.63) is 49.0 Å². The van der Waals surface area contributed by atoms with Crippen LogP contribution in [0.1, 0.15) is 22.7 Å². The lowest BCUT2D eigenvalue weighted by atomic mass is 10.1. The zero-order valence-corrected chi connectivity index (χ0v) is 14.4. The molecule has 0 saturated carbocycles. The minimum absolute atomic E-state index is 0.131. The summed E-state index contributed by atoms with van der Waals surface area (Å²) in [5.41, 5.74) is 1.06. The van der Waals surface area contributed by atoms with E-state index in [1.54, 1.807) is 11.3 Å². The Kier molecular flexibility index (Phi) is 5.13. The van der Waals surface area contributed by atoms with E-state index in [0.29, 0.717) is 6.61 Å². The predicted molar refractivity (Wildman–Crippen MR) is 85.0 cm³/mol. The number of alkyl halides is 1. The number of hydrogen-bond acceptors (Lipinski definition) is 2.